The van der Waals surface area contributed by atoms with E-state index in [-0.39, 0.29) is 5.82 Å². The molecule has 2 heteroatoms. The molecule has 0 bridgehead atoms. The number of hydrogen-bond acceptors (Lipinski definition) is 0. The third-order valence-corrected chi connectivity index (χ3v) is 2.08. The van der Waals surface area contributed by atoms with Crippen LogP contribution < -0.4 is 0 Å². The molecule has 1 aromatic carbocycles. The molecule has 2 rings (SSSR count). The monoisotopic (exact) mass is 163 g/mol. The number of rotatable bonds is 1. The number of halogens is 1. The third-order valence-electron chi connectivity index (χ3n) is 2.08. The number of aromatic nitrogens is 1. The molecular formula is C10H10FN. The molecule has 0 radical (unpaired) electrons. The Morgan fingerprint density at radius 3 is 3.00 bits per heavy atom. The Morgan fingerprint density at radius 1 is 1.42 bits per heavy atom. The predicted molar refractivity (Wildman–Crippen MR) is 47.6 cm³/mol. The van der Waals surface area contributed by atoms with Gasteiger partial charge in [0.25, 0.3) is 0 Å². The van der Waals surface area contributed by atoms with E-state index in [9.17, 15) is 4.39 Å². The van der Waals surface area contributed by atoms with Crippen LogP contribution in [0.15, 0.2) is 24.4 Å². The van der Waals surface area contributed by atoms with Gasteiger partial charge in [-0.25, -0.2) is 4.39 Å². The zero-order chi connectivity index (χ0) is 8.55. The van der Waals surface area contributed by atoms with E-state index in [1.807, 2.05) is 19.1 Å². The second kappa shape index (κ2) is 2.63. The molecule has 0 aliphatic rings. The van der Waals surface area contributed by atoms with Crippen LogP contribution in [0, 0.1) is 5.82 Å². The minimum absolute atomic E-state index is 0.158. The molecule has 1 nitrogen and oxygen atoms in total. The first-order valence-electron chi connectivity index (χ1n) is 4.07. The van der Waals surface area contributed by atoms with Crippen LogP contribution in [0.5, 0.6) is 0 Å². The number of H-pyrrole nitrogens is 1. The smallest absolute Gasteiger partial charge is 0.147 e. The minimum Gasteiger partial charge on any atom is -0.359 e. The van der Waals surface area contributed by atoms with Crippen LogP contribution in [-0.4, -0.2) is 4.98 Å². The Kier molecular flexibility index (Phi) is 1.61. The second-order valence-electron chi connectivity index (χ2n) is 2.87. The lowest BCUT2D eigenvalue weighted by molar-refractivity contribution is 0.635. The van der Waals surface area contributed by atoms with Crippen molar-refractivity contribution in [2.75, 3.05) is 0 Å². The zero-order valence-electron chi connectivity index (χ0n) is 6.89. The fraction of sp³-hybridized carbons (Fsp3) is 0.200. The van der Waals surface area contributed by atoms with Gasteiger partial charge in [0.15, 0.2) is 0 Å². The first kappa shape index (κ1) is 7.35. The lowest BCUT2D eigenvalue weighted by Crippen LogP contribution is -1.83. The van der Waals surface area contributed by atoms with Gasteiger partial charge in [0.05, 0.1) is 5.52 Å². The van der Waals surface area contributed by atoms with Crippen molar-refractivity contribution in [2.45, 2.75) is 13.3 Å². The fourth-order valence-electron chi connectivity index (χ4n) is 1.39. The lowest BCUT2D eigenvalue weighted by atomic mass is 10.1. The average molecular weight is 163 g/mol. The molecule has 12 heavy (non-hydrogen) atoms. The van der Waals surface area contributed by atoms with Gasteiger partial charge in [0, 0.05) is 11.6 Å². The van der Waals surface area contributed by atoms with Crippen molar-refractivity contribution >= 4 is 10.9 Å². The van der Waals surface area contributed by atoms with E-state index in [1.165, 1.54) is 0 Å². The van der Waals surface area contributed by atoms with Crippen molar-refractivity contribution in [3.63, 3.8) is 0 Å². The Balaban J connectivity index is 2.75. The van der Waals surface area contributed by atoms with Gasteiger partial charge in [-0.2, -0.15) is 0 Å². The topological polar surface area (TPSA) is 15.8 Å². The molecule has 0 aliphatic carbocycles. The summed E-state index contributed by atoms with van der Waals surface area (Å²) in [7, 11) is 0. The molecule has 1 N–H and O–H groups in total. The number of fused-ring (bicyclic) bond motifs is 1. The maximum atomic E-state index is 13.2. The van der Waals surface area contributed by atoms with E-state index in [0.717, 1.165) is 17.4 Å². The van der Waals surface area contributed by atoms with E-state index in [0.29, 0.717) is 5.52 Å². The van der Waals surface area contributed by atoms with E-state index in [4.69, 9.17) is 0 Å². The van der Waals surface area contributed by atoms with E-state index in [1.54, 1.807) is 12.3 Å². The van der Waals surface area contributed by atoms with Gasteiger partial charge >= 0.3 is 0 Å². The molecule has 1 heterocycles. The Bertz CT molecular complexity index is 403. The van der Waals surface area contributed by atoms with Crippen molar-refractivity contribution < 1.29 is 4.39 Å². The van der Waals surface area contributed by atoms with Crippen molar-refractivity contribution in [1.29, 1.82) is 0 Å². The number of hydrogen-bond donors (Lipinski definition) is 1. The SMILES string of the molecule is CCc1cc(F)c2[nH]ccc2c1. The van der Waals surface area contributed by atoms with Gasteiger partial charge in [0.1, 0.15) is 5.82 Å². The Hall–Kier alpha value is -1.31. The van der Waals surface area contributed by atoms with Gasteiger partial charge in [-0.1, -0.05) is 6.92 Å². The molecular weight excluding hydrogens is 153 g/mol. The highest BCUT2D eigenvalue weighted by Gasteiger charge is 2.02. The Morgan fingerprint density at radius 2 is 2.25 bits per heavy atom. The summed E-state index contributed by atoms with van der Waals surface area (Å²) in [6.07, 6.45) is 2.63. The summed E-state index contributed by atoms with van der Waals surface area (Å²) in [6.45, 7) is 2.02. The highest BCUT2D eigenvalue weighted by molar-refractivity contribution is 5.80. The number of nitrogens with one attached hydrogen (secondary N) is 1. The van der Waals surface area contributed by atoms with Crippen molar-refractivity contribution in [3.05, 3.63) is 35.8 Å². The van der Waals surface area contributed by atoms with E-state index >= 15 is 0 Å². The summed E-state index contributed by atoms with van der Waals surface area (Å²) in [5, 5.41) is 0.951. The normalized spacial score (nSPS) is 10.8. The number of benzene rings is 1. The first-order chi connectivity index (χ1) is 5.81. The van der Waals surface area contributed by atoms with E-state index in [2.05, 4.69) is 4.98 Å². The van der Waals surface area contributed by atoms with Crippen LogP contribution in [0.2, 0.25) is 0 Å². The number of aryl methyl sites for hydroxylation is 1. The standard InChI is InChI=1S/C10H10FN/c1-2-7-5-8-3-4-12-10(8)9(11)6-7/h3-6,12H,2H2,1H3. The minimum atomic E-state index is -0.158. The predicted octanol–water partition coefficient (Wildman–Crippen LogP) is 2.87. The van der Waals surface area contributed by atoms with Crippen LogP contribution in [-0.2, 0) is 6.42 Å². The van der Waals surface area contributed by atoms with Crippen LogP contribution in [0.1, 0.15) is 12.5 Å². The molecule has 0 saturated heterocycles. The van der Waals surface area contributed by atoms with Gasteiger partial charge in [-0.05, 0) is 30.2 Å². The summed E-state index contributed by atoms with van der Waals surface area (Å²) >= 11 is 0. The molecule has 0 aliphatic heterocycles. The second-order valence-corrected chi connectivity index (χ2v) is 2.87. The van der Waals surface area contributed by atoms with Crippen molar-refractivity contribution in [1.82, 2.24) is 4.98 Å². The van der Waals surface area contributed by atoms with Crippen molar-refractivity contribution in [2.24, 2.45) is 0 Å². The quantitative estimate of drug-likeness (QED) is 0.665. The van der Waals surface area contributed by atoms with Crippen molar-refractivity contribution in [3.8, 4) is 0 Å². The summed E-state index contributed by atoms with van der Waals surface area (Å²) in [4.78, 5) is 2.86. The van der Waals surface area contributed by atoms with Gasteiger partial charge in [0.2, 0.25) is 0 Å². The molecule has 1 aromatic heterocycles. The summed E-state index contributed by atoms with van der Waals surface area (Å²) in [5.74, 6) is -0.158. The molecule has 0 spiro atoms. The average Bonchev–Trinajstić information content (AvgIpc) is 2.52. The highest BCUT2D eigenvalue weighted by Crippen LogP contribution is 2.18. The molecule has 2 aromatic rings. The number of aromatic amines is 1. The Labute approximate surface area is 70.2 Å². The maximum absolute atomic E-state index is 13.2. The molecule has 0 fully saturated rings. The summed E-state index contributed by atoms with van der Waals surface area (Å²) in [5.41, 5.74) is 1.65. The van der Waals surface area contributed by atoms with Crippen LogP contribution in [0.3, 0.4) is 0 Å². The molecule has 0 atom stereocenters. The molecule has 0 unspecified atom stereocenters. The van der Waals surface area contributed by atoms with Gasteiger partial charge in [-0.3, -0.25) is 0 Å². The zero-order valence-corrected chi connectivity index (χ0v) is 6.89. The molecule has 0 saturated carbocycles. The molecule has 0 amide bonds. The molecule has 62 valence electrons. The fourth-order valence-corrected chi connectivity index (χ4v) is 1.39. The summed E-state index contributed by atoms with van der Waals surface area (Å²) < 4.78 is 13.2. The summed E-state index contributed by atoms with van der Waals surface area (Å²) in [6, 6.07) is 5.48. The van der Waals surface area contributed by atoms with Gasteiger partial charge < -0.3 is 4.98 Å². The largest absolute Gasteiger partial charge is 0.359 e. The van der Waals surface area contributed by atoms with Crippen LogP contribution in [0.25, 0.3) is 10.9 Å². The van der Waals surface area contributed by atoms with Crippen LogP contribution in [0.4, 0.5) is 4.39 Å². The van der Waals surface area contributed by atoms with Gasteiger partial charge in [-0.15, -0.1) is 0 Å². The van der Waals surface area contributed by atoms with E-state index < -0.39 is 0 Å². The van der Waals surface area contributed by atoms with Crippen LogP contribution >= 0.6 is 0 Å². The maximum Gasteiger partial charge on any atom is 0.147 e. The third kappa shape index (κ3) is 0.998. The first-order valence-corrected chi connectivity index (χ1v) is 4.07. The lowest BCUT2D eigenvalue weighted by Gasteiger charge is -1.97. The highest BCUT2D eigenvalue weighted by atomic mass is 19.1.